The molecular formula is C25H33BN4O5S2. The molecule has 2 aliphatic heterocycles. The van der Waals surface area contributed by atoms with Crippen molar-refractivity contribution in [2.24, 2.45) is 0 Å². The summed E-state index contributed by atoms with van der Waals surface area (Å²) in [4.78, 5) is 39.7. The van der Waals surface area contributed by atoms with Gasteiger partial charge in [0, 0.05) is 28.3 Å². The number of hydrogen-bond acceptors (Lipinski definition) is 8. The summed E-state index contributed by atoms with van der Waals surface area (Å²) in [6.45, 7) is 6.97. The average molecular weight is 545 g/mol. The van der Waals surface area contributed by atoms with Crippen molar-refractivity contribution in [3.8, 4) is 0 Å². The minimum Gasteiger partial charge on any atom is -0.444 e. The van der Waals surface area contributed by atoms with Crippen molar-refractivity contribution >= 4 is 59.9 Å². The molecule has 12 heteroatoms. The highest BCUT2D eigenvalue weighted by atomic mass is 32.2. The number of nitrogens with one attached hydrogen (secondary N) is 3. The van der Waals surface area contributed by atoms with E-state index in [9.17, 15) is 19.4 Å². The van der Waals surface area contributed by atoms with Crippen molar-refractivity contribution in [1.29, 1.82) is 0 Å². The third kappa shape index (κ3) is 8.42. The van der Waals surface area contributed by atoms with E-state index in [2.05, 4.69) is 15.9 Å². The van der Waals surface area contributed by atoms with E-state index in [0.29, 0.717) is 11.5 Å². The van der Waals surface area contributed by atoms with Crippen LogP contribution in [0.3, 0.4) is 0 Å². The number of hydrogen-bond donors (Lipinski definition) is 4. The van der Waals surface area contributed by atoms with Crippen LogP contribution in [0.5, 0.6) is 0 Å². The molecule has 0 unspecified atom stereocenters. The lowest BCUT2D eigenvalue weighted by Gasteiger charge is -2.22. The van der Waals surface area contributed by atoms with Gasteiger partial charge in [-0.25, -0.2) is 4.79 Å². The maximum absolute atomic E-state index is 12.2. The highest BCUT2D eigenvalue weighted by molar-refractivity contribution is 7.99. The topological polar surface area (TPSA) is 120 Å². The van der Waals surface area contributed by atoms with Crippen molar-refractivity contribution in [2.75, 3.05) is 28.8 Å². The van der Waals surface area contributed by atoms with Gasteiger partial charge in [0.2, 0.25) is 11.8 Å². The molecule has 0 aliphatic carbocycles. The van der Waals surface area contributed by atoms with Gasteiger partial charge in [-0.1, -0.05) is 24.3 Å². The Kier molecular flexibility index (Phi) is 9.94. The van der Waals surface area contributed by atoms with Gasteiger partial charge in [-0.3, -0.25) is 9.59 Å². The number of amides is 3. The second kappa shape index (κ2) is 12.7. The fourth-order valence-electron chi connectivity index (χ4n) is 3.59. The fraction of sp³-hybridized carbons (Fsp3) is 0.400. The summed E-state index contributed by atoms with van der Waals surface area (Å²) < 4.78 is 5.17. The van der Waals surface area contributed by atoms with Crippen LogP contribution in [-0.2, 0) is 14.3 Å². The van der Waals surface area contributed by atoms with Crippen LogP contribution in [0.4, 0.5) is 16.2 Å². The predicted octanol–water partition coefficient (Wildman–Crippen LogP) is 3.45. The van der Waals surface area contributed by atoms with E-state index in [1.807, 2.05) is 48.5 Å². The number of ether oxygens (including phenoxy) is 1. The van der Waals surface area contributed by atoms with Crippen LogP contribution in [0.25, 0.3) is 0 Å². The van der Waals surface area contributed by atoms with E-state index in [1.165, 1.54) is 11.8 Å². The van der Waals surface area contributed by atoms with Gasteiger partial charge in [0.15, 0.2) is 0 Å². The number of rotatable bonds is 3. The van der Waals surface area contributed by atoms with E-state index in [1.54, 1.807) is 51.3 Å². The number of thioether (sulfide) groups is 2. The maximum Gasteiger partial charge on any atom is 0.408 e. The Morgan fingerprint density at radius 3 is 2.32 bits per heavy atom. The zero-order chi connectivity index (χ0) is 27.2. The molecule has 4 rings (SSSR count). The summed E-state index contributed by atoms with van der Waals surface area (Å²) in [5, 5.41) is 17.6. The fourth-order valence-corrected chi connectivity index (χ4v) is 5.73. The number of fused-ring (bicyclic) bond motifs is 2. The summed E-state index contributed by atoms with van der Waals surface area (Å²) >= 11 is 3.16. The summed E-state index contributed by atoms with van der Waals surface area (Å²) in [7, 11) is 1.09. The summed E-state index contributed by atoms with van der Waals surface area (Å²) in [6, 6.07) is 14.4. The number of carbonyl (C=O) groups is 3. The van der Waals surface area contributed by atoms with E-state index in [4.69, 9.17) is 4.74 Å². The number of likely N-dealkylation sites (N-methyl/N-ethyl adjacent to an activating group) is 1. The van der Waals surface area contributed by atoms with Crippen molar-refractivity contribution in [2.45, 2.75) is 55.1 Å². The lowest BCUT2D eigenvalue weighted by molar-refractivity contribution is -0.119. The first-order valence-electron chi connectivity index (χ1n) is 11.9. The van der Waals surface area contributed by atoms with Crippen LogP contribution in [0.2, 0.25) is 6.82 Å². The molecule has 37 heavy (non-hydrogen) atoms. The minimum absolute atomic E-state index is 0.0108. The number of nitrogens with zero attached hydrogens (tertiary/aromatic N) is 1. The van der Waals surface area contributed by atoms with Gasteiger partial charge in [-0.15, -0.1) is 23.5 Å². The zero-order valence-electron chi connectivity index (χ0n) is 21.6. The van der Waals surface area contributed by atoms with Crippen molar-refractivity contribution in [1.82, 2.24) is 10.5 Å². The Labute approximate surface area is 226 Å². The first kappa shape index (κ1) is 28.9. The first-order valence-corrected chi connectivity index (χ1v) is 13.9. The Morgan fingerprint density at radius 1 is 1.05 bits per heavy atom. The predicted molar refractivity (Wildman–Crippen MR) is 150 cm³/mol. The largest absolute Gasteiger partial charge is 0.444 e. The van der Waals surface area contributed by atoms with E-state index in [0.717, 1.165) is 21.2 Å². The molecule has 4 N–H and O–H groups in total. The second-order valence-electron chi connectivity index (χ2n) is 9.57. The monoisotopic (exact) mass is 544 g/mol. The van der Waals surface area contributed by atoms with E-state index in [-0.39, 0.29) is 17.9 Å². The lowest BCUT2D eigenvalue weighted by Crippen LogP contribution is -2.50. The van der Waals surface area contributed by atoms with Crippen LogP contribution in [0.15, 0.2) is 58.3 Å². The van der Waals surface area contributed by atoms with Crippen LogP contribution in [0, 0.1) is 0 Å². The Balaban J connectivity index is 0.000000208. The number of alkyl carbamates (subject to hydrolysis) is 1. The highest BCUT2D eigenvalue weighted by Crippen LogP contribution is 2.33. The van der Waals surface area contributed by atoms with Gasteiger partial charge < -0.3 is 30.5 Å². The lowest BCUT2D eigenvalue weighted by atomic mass is 9.87. The van der Waals surface area contributed by atoms with Crippen molar-refractivity contribution in [3.05, 3.63) is 48.5 Å². The smallest absolute Gasteiger partial charge is 0.408 e. The maximum atomic E-state index is 12.2. The number of benzene rings is 2. The molecule has 0 fully saturated rings. The third-order valence-corrected chi connectivity index (χ3v) is 7.58. The van der Waals surface area contributed by atoms with Crippen LogP contribution >= 0.6 is 23.5 Å². The minimum atomic E-state index is -0.681. The molecule has 2 aliphatic rings. The van der Waals surface area contributed by atoms with Gasteiger partial charge in [-0.05, 0) is 51.9 Å². The molecule has 0 spiro atoms. The second-order valence-corrected chi connectivity index (χ2v) is 11.7. The Morgan fingerprint density at radius 2 is 1.65 bits per heavy atom. The molecule has 2 aromatic carbocycles. The molecule has 0 aromatic heterocycles. The molecule has 3 amide bonds. The number of anilines is 2. The third-order valence-electron chi connectivity index (χ3n) is 5.26. The summed E-state index contributed by atoms with van der Waals surface area (Å²) in [6.07, 6.45) is -0.579. The van der Waals surface area contributed by atoms with E-state index >= 15 is 0 Å². The van der Waals surface area contributed by atoms with Crippen LogP contribution in [0.1, 0.15) is 20.8 Å². The molecule has 2 heterocycles. The van der Waals surface area contributed by atoms with Gasteiger partial charge in [0.05, 0.1) is 17.4 Å². The van der Waals surface area contributed by atoms with E-state index < -0.39 is 24.8 Å². The van der Waals surface area contributed by atoms with Gasteiger partial charge >= 0.3 is 13.1 Å². The first-order chi connectivity index (χ1) is 17.4. The standard InChI is InChI=1S/C14H18N2O3S.C11H15BN2O2S/c1-14(2,3)19-13(18)16-10-8-20-11-7-5-4-6-9(11)15-12(10)17;1-12(16)13-8-7-17-10-6-4-3-5-9(10)14(2)11(8)15/h4-7,10H,8H2,1-3H3,(H,15,17)(H,16,18);3-6,8,13,16H,7H2,1-2H3/t10-;8-/m00/s1. The highest BCUT2D eigenvalue weighted by Gasteiger charge is 2.30. The molecule has 0 saturated heterocycles. The number of carbonyl (C=O) groups excluding carboxylic acids is 3. The van der Waals surface area contributed by atoms with Crippen LogP contribution < -0.4 is 20.8 Å². The normalized spacial score (nSPS) is 19.1. The molecule has 2 aromatic rings. The van der Waals surface area contributed by atoms with Crippen molar-refractivity contribution in [3.63, 3.8) is 0 Å². The van der Waals surface area contributed by atoms with Gasteiger partial charge in [0.1, 0.15) is 11.6 Å². The SMILES string of the molecule is CB(O)N[C@H]1CSc2ccccc2N(C)C1=O.CC(C)(C)OC(=O)N[C@H]1CSc2ccccc2NC1=O. The zero-order valence-corrected chi connectivity index (χ0v) is 23.2. The number of para-hydroxylation sites is 2. The summed E-state index contributed by atoms with van der Waals surface area (Å²) in [5.41, 5.74) is 1.12. The van der Waals surface area contributed by atoms with Crippen molar-refractivity contribution < 1.29 is 24.1 Å². The van der Waals surface area contributed by atoms with Gasteiger partial charge in [-0.2, -0.15) is 0 Å². The van der Waals surface area contributed by atoms with Crippen LogP contribution in [-0.4, -0.2) is 66.2 Å². The van der Waals surface area contributed by atoms with Gasteiger partial charge in [0.25, 0.3) is 0 Å². The molecule has 2 atom stereocenters. The Bertz CT molecular complexity index is 1130. The molecule has 0 radical (unpaired) electrons. The molecule has 0 saturated carbocycles. The average Bonchev–Trinajstić information content (AvgIpc) is 3.05. The molecular weight excluding hydrogens is 511 g/mol. The molecule has 198 valence electrons. The summed E-state index contributed by atoms with van der Waals surface area (Å²) in [5.74, 6) is 0.865. The molecule has 0 bridgehead atoms. The Hall–Kier alpha value is -2.67. The molecule has 9 nitrogen and oxygen atoms in total. The quantitative estimate of drug-likeness (QED) is 0.434.